The minimum Gasteiger partial charge on any atom is -0.495 e. The third kappa shape index (κ3) is 6.29. The number of piperazine rings is 1. The number of methoxy groups -OCH3 is 1. The number of halogens is 1. The fraction of sp³-hybridized carbons (Fsp3) is 0.452. The summed E-state index contributed by atoms with van der Waals surface area (Å²) in [6.07, 6.45) is 1.21. The number of hydrogen-bond donors (Lipinski definition) is 1. The van der Waals surface area contributed by atoms with E-state index < -0.39 is 39.3 Å². The molecule has 1 saturated heterocycles. The van der Waals surface area contributed by atoms with Gasteiger partial charge in [0.1, 0.15) is 17.0 Å². The normalized spacial score (nSPS) is 18.5. The minimum atomic E-state index is -2.79. The van der Waals surface area contributed by atoms with E-state index in [9.17, 15) is 18.0 Å². The molecule has 1 aromatic heterocycles. The molecule has 0 bridgehead atoms. The summed E-state index contributed by atoms with van der Waals surface area (Å²) in [5.41, 5.74) is -0.629. The Morgan fingerprint density at radius 1 is 1.13 bits per heavy atom. The SMILES string of the molecule is COc1ccc(N2CCN(C)CC2)cc1Nc1ncc(F)c(C2=CC3=C(C(=S(=O)=O)C2)C(C)(C)N(C(=O)OC(C)(C)C)C3=O)n1. The van der Waals surface area contributed by atoms with Crippen LogP contribution < -0.4 is 15.0 Å². The van der Waals surface area contributed by atoms with E-state index in [1.54, 1.807) is 34.6 Å². The Morgan fingerprint density at radius 2 is 1.82 bits per heavy atom. The Bertz CT molecular complexity index is 1760. The van der Waals surface area contributed by atoms with Crippen molar-refractivity contribution in [1.82, 2.24) is 19.8 Å². The predicted molar refractivity (Wildman–Crippen MR) is 169 cm³/mol. The minimum absolute atomic E-state index is 0.0409. The number of amides is 2. The lowest BCUT2D eigenvalue weighted by Gasteiger charge is -2.34. The first-order chi connectivity index (χ1) is 21.1. The maximum Gasteiger partial charge on any atom is 0.418 e. The summed E-state index contributed by atoms with van der Waals surface area (Å²) in [6.45, 7) is 11.7. The van der Waals surface area contributed by atoms with Gasteiger partial charge in [-0.05, 0) is 71.5 Å². The van der Waals surface area contributed by atoms with Gasteiger partial charge in [0.2, 0.25) is 16.2 Å². The van der Waals surface area contributed by atoms with Crippen molar-refractivity contribution in [3.05, 3.63) is 53.1 Å². The molecule has 2 amide bonds. The van der Waals surface area contributed by atoms with Crippen molar-refractivity contribution in [2.24, 2.45) is 0 Å². The smallest absolute Gasteiger partial charge is 0.418 e. The summed E-state index contributed by atoms with van der Waals surface area (Å²) in [6, 6.07) is 5.70. The molecule has 240 valence electrons. The molecule has 1 fully saturated rings. The lowest BCUT2D eigenvalue weighted by Crippen LogP contribution is -2.50. The number of benzene rings is 1. The van der Waals surface area contributed by atoms with Gasteiger partial charge in [-0.25, -0.2) is 24.1 Å². The molecule has 2 aliphatic heterocycles. The molecule has 1 aliphatic carbocycles. The monoisotopic (exact) mass is 640 g/mol. The van der Waals surface area contributed by atoms with Crippen molar-refractivity contribution in [3.8, 4) is 5.75 Å². The molecule has 2 aromatic rings. The summed E-state index contributed by atoms with van der Waals surface area (Å²) in [5.74, 6) is -0.993. The van der Waals surface area contributed by atoms with Crippen LogP contribution in [0.1, 0.15) is 46.7 Å². The maximum atomic E-state index is 15.3. The van der Waals surface area contributed by atoms with Crippen molar-refractivity contribution in [2.45, 2.75) is 52.2 Å². The zero-order valence-electron chi connectivity index (χ0n) is 26.4. The fourth-order valence-electron chi connectivity index (χ4n) is 5.78. The third-order valence-electron chi connectivity index (χ3n) is 7.95. The molecule has 0 unspecified atom stereocenters. The molecule has 14 heteroatoms. The highest BCUT2D eigenvalue weighted by Gasteiger charge is 2.52. The van der Waals surface area contributed by atoms with Crippen LogP contribution in [-0.4, -0.2) is 96.5 Å². The van der Waals surface area contributed by atoms with Gasteiger partial charge in [-0.2, -0.15) is 8.42 Å². The first-order valence-corrected chi connectivity index (χ1v) is 15.6. The zero-order chi connectivity index (χ0) is 32.8. The molecule has 1 aromatic carbocycles. The van der Waals surface area contributed by atoms with Gasteiger partial charge >= 0.3 is 6.09 Å². The second kappa shape index (κ2) is 11.9. The van der Waals surface area contributed by atoms with E-state index in [1.165, 1.54) is 13.2 Å². The zero-order valence-corrected chi connectivity index (χ0v) is 27.2. The van der Waals surface area contributed by atoms with Crippen LogP contribution in [0.25, 0.3) is 5.57 Å². The maximum absolute atomic E-state index is 15.3. The molecule has 12 nitrogen and oxygen atoms in total. The van der Waals surface area contributed by atoms with Crippen LogP contribution in [0.5, 0.6) is 5.75 Å². The number of carbonyl (C=O) groups excluding carboxylic acids is 2. The summed E-state index contributed by atoms with van der Waals surface area (Å²) < 4.78 is 51.3. The molecule has 45 heavy (non-hydrogen) atoms. The first-order valence-electron chi connectivity index (χ1n) is 14.5. The Kier molecular flexibility index (Phi) is 8.49. The van der Waals surface area contributed by atoms with Crippen LogP contribution >= 0.6 is 0 Å². The molecule has 5 rings (SSSR count). The lowest BCUT2D eigenvalue weighted by atomic mass is 9.83. The lowest BCUT2D eigenvalue weighted by molar-refractivity contribution is -0.127. The number of nitrogens with one attached hydrogen (secondary N) is 1. The first kappa shape index (κ1) is 32.1. The van der Waals surface area contributed by atoms with Gasteiger partial charge in [0.15, 0.2) is 5.82 Å². The van der Waals surface area contributed by atoms with Gasteiger partial charge in [-0.3, -0.25) is 4.79 Å². The number of aromatic nitrogens is 2. The van der Waals surface area contributed by atoms with Crippen LogP contribution in [0.15, 0.2) is 41.6 Å². The highest BCUT2D eigenvalue weighted by atomic mass is 32.2. The number of anilines is 3. The number of likely N-dealkylation sites (N-methyl/N-ethyl adjacent to an activating group) is 1. The molecule has 3 heterocycles. The van der Waals surface area contributed by atoms with Gasteiger partial charge in [0, 0.05) is 49.4 Å². The van der Waals surface area contributed by atoms with Crippen molar-refractivity contribution < 1.29 is 31.9 Å². The van der Waals surface area contributed by atoms with E-state index in [4.69, 9.17) is 9.47 Å². The van der Waals surface area contributed by atoms with E-state index in [0.29, 0.717) is 11.4 Å². The van der Waals surface area contributed by atoms with Gasteiger partial charge < -0.3 is 24.6 Å². The van der Waals surface area contributed by atoms with Crippen molar-refractivity contribution in [2.75, 3.05) is 50.6 Å². The van der Waals surface area contributed by atoms with Gasteiger partial charge in [0.25, 0.3) is 5.91 Å². The van der Waals surface area contributed by atoms with Crippen LogP contribution in [0.4, 0.5) is 26.5 Å². The topological polar surface area (TPSA) is 134 Å². The Morgan fingerprint density at radius 3 is 2.44 bits per heavy atom. The summed E-state index contributed by atoms with van der Waals surface area (Å²) in [7, 11) is 0.824. The van der Waals surface area contributed by atoms with Crippen LogP contribution in [0, 0.1) is 5.82 Å². The molecule has 0 atom stereocenters. The molecule has 0 radical (unpaired) electrons. The average molecular weight is 641 g/mol. The number of ether oxygens (including phenoxy) is 2. The van der Waals surface area contributed by atoms with E-state index in [1.807, 2.05) is 18.2 Å². The number of allylic oxidation sites excluding steroid dienone is 1. The number of nitrogens with zero attached hydrogens (tertiary/aromatic N) is 5. The van der Waals surface area contributed by atoms with Crippen molar-refractivity contribution in [1.29, 1.82) is 0 Å². The Balaban J connectivity index is 1.51. The number of carbonyl (C=O) groups is 2. The molecule has 0 spiro atoms. The summed E-state index contributed by atoms with van der Waals surface area (Å²) in [4.78, 5) is 40.5. The van der Waals surface area contributed by atoms with E-state index in [2.05, 4.69) is 32.1 Å². The van der Waals surface area contributed by atoms with Crippen molar-refractivity contribution >= 4 is 50.1 Å². The molecule has 0 saturated carbocycles. The van der Waals surface area contributed by atoms with Crippen molar-refractivity contribution in [3.63, 3.8) is 0 Å². The van der Waals surface area contributed by atoms with E-state index >= 15 is 4.39 Å². The van der Waals surface area contributed by atoms with Gasteiger partial charge in [-0.15, -0.1) is 0 Å². The Labute approximate surface area is 263 Å². The second-order valence-corrected chi connectivity index (χ2v) is 13.6. The fourth-order valence-corrected chi connectivity index (χ4v) is 6.58. The molecular formula is C31H37FN6O6S. The number of hydrogen-bond acceptors (Lipinski definition) is 11. The third-order valence-corrected chi connectivity index (χ3v) is 8.70. The average Bonchev–Trinajstić information content (AvgIpc) is 3.17. The predicted octanol–water partition coefficient (Wildman–Crippen LogP) is 3.81. The molecule has 3 aliphatic rings. The molecular weight excluding hydrogens is 603 g/mol. The summed E-state index contributed by atoms with van der Waals surface area (Å²) >= 11 is 0. The Hall–Kier alpha value is -4.30. The largest absolute Gasteiger partial charge is 0.495 e. The highest BCUT2D eigenvalue weighted by Crippen LogP contribution is 2.43. The van der Waals surface area contributed by atoms with Crippen LogP contribution in [-0.2, 0) is 19.8 Å². The standard InChI is InChI=1S/C31H37FN6O6S/c1-30(2,3)44-29(40)38-27(39)20-14-18(15-24(45(41)42)25(20)31(38,4)5)26-21(32)17-33-28(35-26)34-22-16-19(8-9-23(22)43-7)37-12-10-36(6)11-13-37/h8-9,14,16-17H,10-13,15H2,1-7H3,(H,33,34,35). The quantitative estimate of drug-likeness (QED) is 0.478. The number of rotatable bonds is 5. The number of imide groups is 1. The van der Waals surface area contributed by atoms with Gasteiger partial charge in [-0.1, -0.05) is 0 Å². The van der Waals surface area contributed by atoms with Crippen LogP contribution in [0.3, 0.4) is 0 Å². The van der Waals surface area contributed by atoms with Gasteiger partial charge in [0.05, 0.1) is 29.4 Å². The van der Waals surface area contributed by atoms with Crippen LogP contribution in [0.2, 0.25) is 0 Å². The summed E-state index contributed by atoms with van der Waals surface area (Å²) in [5, 5.41) is 3.11. The highest BCUT2D eigenvalue weighted by molar-refractivity contribution is 7.73. The van der Waals surface area contributed by atoms with E-state index in [0.717, 1.165) is 43.0 Å². The van der Waals surface area contributed by atoms with E-state index in [-0.39, 0.29) is 39.6 Å². The molecule has 1 N–H and O–H groups in total. The second-order valence-electron chi connectivity index (χ2n) is 12.7.